The molecule has 0 radical (unpaired) electrons. The molecule has 1 N–H and O–H groups in total. The molecule has 6 heteroatoms. The standard InChI is InChI=1S/C14H23ClN4O/c1-4-20-9-14-17-12(15)7-13(18-14)16-8-10(2)19(3)11-5-6-11/h7,10-11H,4-6,8-9H2,1-3H3,(H,16,17,18). The fourth-order valence-corrected chi connectivity index (χ4v) is 2.25. The zero-order chi connectivity index (χ0) is 14.5. The number of nitrogens with one attached hydrogen (secondary N) is 1. The van der Waals surface area contributed by atoms with Crippen molar-refractivity contribution in [1.82, 2.24) is 14.9 Å². The van der Waals surface area contributed by atoms with Crippen LogP contribution in [0.2, 0.25) is 5.15 Å². The number of likely N-dealkylation sites (N-methyl/N-ethyl adjacent to an activating group) is 1. The number of ether oxygens (including phenoxy) is 1. The van der Waals surface area contributed by atoms with Crippen LogP contribution in [0.4, 0.5) is 5.82 Å². The minimum absolute atomic E-state index is 0.392. The van der Waals surface area contributed by atoms with Gasteiger partial charge in [-0.15, -0.1) is 0 Å². The smallest absolute Gasteiger partial charge is 0.158 e. The van der Waals surface area contributed by atoms with Crippen LogP contribution in [0.5, 0.6) is 0 Å². The minimum atomic E-state index is 0.392. The Kier molecular flexibility index (Phi) is 5.57. The molecule has 1 saturated carbocycles. The maximum atomic E-state index is 6.01. The Labute approximate surface area is 125 Å². The second-order valence-electron chi connectivity index (χ2n) is 5.26. The van der Waals surface area contributed by atoms with Gasteiger partial charge < -0.3 is 10.1 Å². The average molecular weight is 299 g/mol. The van der Waals surface area contributed by atoms with Crippen LogP contribution in [-0.4, -0.2) is 47.2 Å². The largest absolute Gasteiger partial charge is 0.374 e. The van der Waals surface area contributed by atoms with Crippen molar-refractivity contribution in [3.05, 3.63) is 17.0 Å². The Bertz CT molecular complexity index is 439. The maximum absolute atomic E-state index is 6.01. The van der Waals surface area contributed by atoms with Gasteiger partial charge in [-0.05, 0) is 33.7 Å². The fourth-order valence-electron chi connectivity index (χ4n) is 2.05. The topological polar surface area (TPSA) is 50.3 Å². The van der Waals surface area contributed by atoms with E-state index < -0.39 is 0 Å². The van der Waals surface area contributed by atoms with Crippen molar-refractivity contribution < 1.29 is 4.74 Å². The highest BCUT2D eigenvalue weighted by Crippen LogP contribution is 2.26. The quantitative estimate of drug-likeness (QED) is 0.748. The molecule has 20 heavy (non-hydrogen) atoms. The molecule has 0 aliphatic heterocycles. The number of hydrogen-bond acceptors (Lipinski definition) is 5. The molecule has 1 aromatic rings. The molecule has 0 spiro atoms. The normalized spacial score (nSPS) is 16.4. The molecular weight excluding hydrogens is 276 g/mol. The molecule has 1 aliphatic carbocycles. The van der Waals surface area contributed by atoms with Crippen molar-refractivity contribution in [2.75, 3.05) is 25.5 Å². The van der Waals surface area contributed by atoms with Crippen LogP contribution in [-0.2, 0) is 11.3 Å². The second-order valence-corrected chi connectivity index (χ2v) is 5.64. The van der Waals surface area contributed by atoms with Crippen LogP contribution in [0, 0.1) is 0 Å². The lowest BCUT2D eigenvalue weighted by Gasteiger charge is -2.24. The van der Waals surface area contributed by atoms with E-state index in [1.807, 2.05) is 6.92 Å². The minimum Gasteiger partial charge on any atom is -0.374 e. The third kappa shape index (κ3) is 4.58. The van der Waals surface area contributed by atoms with Crippen molar-refractivity contribution in [2.45, 2.75) is 45.4 Å². The molecule has 1 heterocycles. The van der Waals surface area contributed by atoms with Crippen LogP contribution in [0.15, 0.2) is 6.07 Å². The van der Waals surface area contributed by atoms with Crippen LogP contribution < -0.4 is 5.32 Å². The molecule has 5 nitrogen and oxygen atoms in total. The van der Waals surface area contributed by atoms with Crippen LogP contribution in [0.25, 0.3) is 0 Å². The van der Waals surface area contributed by atoms with Gasteiger partial charge in [0.15, 0.2) is 5.82 Å². The molecular formula is C14H23ClN4O. The first-order chi connectivity index (χ1) is 9.60. The summed E-state index contributed by atoms with van der Waals surface area (Å²) in [6, 6.07) is 2.97. The summed E-state index contributed by atoms with van der Waals surface area (Å²) in [6.45, 7) is 6.04. The fraction of sp³-hybridized carbons (Fsp3) is 0.714. The SMILES string of the molecule is CCOCc1nc(Cl)cc(NCC(C)N(C)C2CC2)n1. The lowest BCUT2D eigenvalue weighted by Crippen LogP contribution is -2.36. The van der Waals surface area contributed by atoms with Gasteiger partial charge in [-0.25, -0.2) is 9.97 Å². The van der Waals surface area contributed by atoms with E-state index in [1.165, 1.54) is 12.8 Å². The predicted octanol–water partition coefficient (Wildman–Crippen LogP) is 2.56. The Balaban J connectivity index is 1.89. The van der Waals surface area contributed by atoms with Gasteiger partial charge in [0.1, 0.15) is 17.6 Å². The lowest BCUT2D eigenvalue weighted by molar-refractivity contribution is 0.128. The third-order valence-electron chi connectivity index (χ3n) is 3.57. The van der Waals surface area contributed by atoms with E-state index in [4.69, 9.17) is 16.3 Å². The van der Waals surface area contributed by atoms with Gasteiger partial charge in [-0.2, -0.15) is 0 Å². The average Bonchev–Trinajstić information content (AvgIpc) is 3.25. The van der Waals surface area contributed by atoms with Gasteiger partial charge in [0.2, 0.25) is 0 Å². The van der Waals surface area contributed by atoms with Crippen LogP contribution >= 0.6 is 11.6 Å². The van der Waals surface area contributed by atoms with Gasteiger partial charge in [0, 0.05) is 31.3 Å². The van der Waals surface area contributed by atoms with Gasteiger partial charge >= 0.3 is 0 Å². The Morgan fingerprint density at radius 1 is 1.50 bits per heavy atom. The first-order valence-corrected chi connectivity index (χ1v) is 7.55. The number of rotatable bonds is 8. The van der Waals surface area contributed by atoms with Crippen molar-refractivity contribution in [3.8, 4) is 0 Å². The first-order valence-electron chi connectivity index (χ1n) is 7.17. The Morgan fingerprint density at radius 2 is 2.25 bits per heavy atom. The molecule has 1 atom stereocenters. The van der Waals surface area contributed by atoms with Gasteiger partial charge in [0.25, 0.3) is 0 Å². The van der Waals surface area contributed by atoms with Crippen molar-refractivity contribution in [1.29, 1.82) is 0 Å². The highest BCUT2D eigenvalue weighted by Gasteiger charge is 2.28. The Hall–Kier alpha value is -0.910. The molecule has 2 rings (SSSR count). The molecule has 1 fully saturated rings. The number of halogens is 1. The van der Waals surface area contributed by atoms with E-state index >= 15 is 0 Å². The van der Waals surface area contributed by atoms with Gasteiger partial charge in [-0.1, -0.05) is 11.6 Å². The molecule has 0 aromatic carbocycles. The summed E-state index contributed by atoms with van der Waals surface area (Å²) in [7, 11) is 2.18. The summed E-state index contributed by atoms with van der Waals surface area (Å²) in [5, 5.41) is 3.78. The van der Waals surface area contributed by atoms with E-state index in [9.17, 15) is 0 Å². The summed E-state index contributed by atoms with van der Waals surface area (Å²) in [6.07, 6.45) is 2.64. The summed E-state index contributed by atoms with van der Waals surface area (Å²) in [5.74, 6) is 1.38. The third-order valence-corrected chi connectivity index (χ3v) is 3.77. The van der Waals surface area contributed by atoms with Crippen LogP contribution in [0.3, 0.4) is 0 Å². The lowest BCUT2D eigenvalue weighted by atomic mass is 10.3. The van der Waals surface area contributed by atoms with Gasteiger partial charge in [0.05, 0.1) is 0 Å². The highest BCUT2D eigenvalue weighted by molar-refractivity contribution is 6.29. The van der Waals surface area contributed by atoms with E-state index in [-0.39, 0.29) is 0 Å². The second kappa shape index (κ2) is 7.20. The molecule has 1 unspecified atom stereocenters. The van der Waals surface area contributed by atoms with Crippen molar-refractivity contribution >= 4 is 17.4 Å². The number of nitrogens with zero attached hydrogens (tertiary/aromatic N) is 3. The summed E-state index contributed by atoms with van der Waals surface area (Å²) < 4.78 is 5.31. The monoisotopic (exact) mass is 298 g/mol. The van der Waals surface area contributed by atoms with E-state index in [0.29, 0.717) is 30.2 Å². The van der Waals surface area contributed by atoms with Gasteiger partial charge in [-0.3, -0.25) is 4.90 Å². The number of hydrogen-bond donors (Lipinski definition) is 1. The number of anilines is 1. The molecule has 1 aliphatic rings. The summed E-state index contributed by atoms with van der Waals surface area (Å²) >= 11 is 6.01. The van der Waals surface area contributed by atoms with E-state index in [1.54, 1.807) is 6.07 Å². The van der Waals surface area contributed by atoms with Crippen LogP contribution in [0.1, 0.15) is 32.5 Å². The van der Waals surface area contributed by atoms with Crippen molar-refractivity contribution in [2.24, 2.45) is 0 Å². The van der Waals surface area contributed by atoms with Crippen molar-refractivity contribution in [3.63, 3.8) is 0 Å². The zero-order valence-electron chi connectivity index (χ0n) is 12.4. The van der Waals surface area contributed by atoms with E-state index in [2.05, 4.69) is 34.2 Å². The van der Waals surface area contributed by atoms with E-state index in [0.717, 1.165) is 18.4 Å². The molecule has 0 saturated heterocycles. The summed E-state index contributed by atoms with van der Waals surface area (Å²) in [4.78, 5) is 11.0. The Morgan fingerprint density at radius 3 is 2.90 bits per heavy atom. The molecule has 0 amide bonds. The summed E-state index contributed by atoms with van der Waals surface area (Å²) in [5.41, 5.74) is 0. The molecule has 112 valence electrons. The highest BCUT2D eigenvalue weighted by atomic mass is 35.5. The molecule has 0 bridgehead atoms. The predicted molar refractivity (Wildman–Crippen MR) is 81.1 cm³/mol. The zero-order valence-corrected chi connectivity index (χ0v) is 13.2. The molecule has 1 aromatic heterocycles. The number of aromatic nitrogens is 2. The first kappa shape index (κ1) is 15.5. The maximum Gasteiger partial charge on any atom is 0.158 e.